The van der Waals surface area contributed by atoms with Crippen molar-refractivity contribution in [3.8, 4) is 28.5 Å². The number of ether oxygens (including phenoxy) is 3. The van der Waals surface area contributed by atoms with E-state index in [1.165, 1.54) is 7.11 Å². The molecule has 7 heteroatoms. The van der Waals surface area contributed by atoms with Crippen molar-refractivity contribution in [2.45, 2.75) is 13.0 Å². The van der Waals surface area contributed by atoms with Crippen LogP contribution in [0.15, 0.2) is 72.9 Å². The number of methoxy groups -OCH3 is 2. The summed E-state index contributed by atoms with van der Waals surface area (Å²) in [6.45, 7) is 1.69. The molecule has 1 amide bonds. The fraction of sp³-hybridized carbons (Fsp3) is 0.160. The number of carbonyl (C=O) groups excluding carboxylic acids is 1. The lowest BCUT2D eigenvalue weighted by molar-refractivity contribution is -0.122. The number of benzene rings is 3. The average molecular weight is 429 g/mol. The van der Waals surface area contributed by atoms with Gasteiger partial charge in [0.1, 0.15) is 17.2 Å². The van der Waals surface area contributed by atoms with E-state index in [0.717, 1.165) is 22.3 Å². The van der Waals surface area contributed by atoms with E-state index < -0.39 is 6.10 Å². The predicted molar refractivity (Wildman–Crippen MR) is 123 cm³/mol. The van der Waals surface area contributed by atoms with Gasteiger partial charge in [-0.3, -0.25) is 9.78 Å². The van der Waals surface area contributed by atoms with Gasteiger partial charge in [-0.15, -0.1) is 0 Å². The first kappa shape index (κ1) is 21.1. The van der Waals surface area contributed by atoms with Gasteiger partial charge in [-0.25, -0.2) is 4.98 Å². The maximum atomic E-state index is 12.6. The van der Waals surface area contributed by atoms with E-state index in [-0.39, 0.29) is 5.91 Å². The number of hydrogen-bond acceptors (Lipinski definition) is 6. The fourth-order valence-electron chi connectivity index (χ4n) is 3.19. The quantitative estimate of drug-likeness (QED) is 0.458. The van der Waals surface area contributed by atoms with Crippen LogP contribution in [0.25, 0.3) is 22.3 Å². The SMILES string of the molecule is COc1ccc(NC(=O)[C@H](C)Oc2ccc(-c3cnc4ccccc4n3)cc2)c(OC)c1. The first-order chi connectivity index (χ1) is 15.6. The summed E-state index contributed by atoms with van der Waals surface area (Å²) in [5.74, 6) is 1.43. The van der Waals surface area contributed by atoms with Crippen molar-refractivity contribution in [3.63, 3.8) is 0 Å². The van der Waals surface area contributed by atoms with Crippen molar-refractivity contribution in [3.05, 3.63) is 72.9 Å². The topological polar surface area (TPSA) is 82.6 Å². The molecule has 162 valence electrons. The smallest absolute Gasteiger partial charge is 0.265 e. The van der Waals surface area contributed by atoms with Crippen LogP contribution in [0.1, 0.15) is 6.92 Å². The summed E-state index contributed by atoms with van der Waals surface area (Å²) < 4.78 is 16.3. The van der Waals surface area contributed by atoms with Gasteiger partial charge >= 0.3 is 0 Å². The molecule has 1 aromatic heterocycles. The molecule has 0 aliphatic carbocycles. The molecule has 4 rings (SSSR count). The Labute approximate surface area is 186 Å². The summed E-state index contributed by atoms with van der Waals surface area (Å²) in [6.07, 6.45) is 1.03. The Morgan fingerprint density at radius 1 is 0.906 bits per heavy atom. The Bertz CT molecular complexity index is 1240. The molecule has 1 heterocycles. The molecule has 3 aromatic carbocycles. The molecule has 4 aromatic rings. The number of nitrogens with zero attached hydrogens (tertiary/aromatic N) is 2. The highest BCUT2D eigenvalue weighted by Crippen LogP contribution is 2.29. The maximum absolute atomic E-state index is 12.6. The van der Waals surface area contributed by atoms with Gasteiger partial charge in [-0.05, 0) is 55.5 Å². The number of nitrogens with one attached hydrogen (secondary N) is 1. The number of fused-ring (bicyclic) bond motifs is 1. The first-order valence-electron chi connectivity index (χ1n) is 10.1. The number of rotatable bonds is 7. The van der Waals surface area contributed by atoms with Crippen LogP contribution in [-0.4, -0.2) is 36.2 Å². The minimum Gasteiger partial charge on any atom is -0.497 e. The number of carbonyl (C=O) groups is 1. The molecule has 0 unspecified atom stereocenters. The Hall–Kier alpha value is -4.13. The van der Waals surface area contributed by atoms with Crippen LogP contribution in [0.4, 0.5) is 5.69 Å². The molecule has 0 aliphatic heterocycles. The van der Waals surface area contributed by atoms with Crippen LogP contribution in [0.5, 0.6) is 17.2 Å². The van der Waals surface area contributed by atoms with Crippen LogP contribution >= 0.6 is 0 Å². The van der Waals surface area contributed by atoms with Gasteiger partial charge < -0.3 is 19.5 Å². The third-order valence-corrected chi connectivity index (χ3v) is 4.95. The average Bonchev–Trinajstić information content (AvgIpc) is 2.84. The van der Waals surface area contributed by atoms with Crippen molar-refractivity contribution in [1.82, 2.24) is 9.97 Å². The Morgan fingerprint density at radius 3 is 2.34 bits per heavy atom. The molecule has 0 bridgehead atoms. The Morgan fingerprint density at radius 2 is 1.62 bits per heavy atom. The third kappa shape index (κ3) is 4.62. The highest BCUT2D eigenvalue weighted by atomic mass is 16.5. The van der Waals surface area contributed by atoms with E-state index in [1.807, 2.05) is 48.5 Å². The van der Waals surface area contributed by atoms with Crippen molar-refractivity contribution < 1.29 is 19.0 Å². The number of anilines is 1. The fourth-order valence-corrected chi connectivity index (χ4v) is 3.19. The predicted octanol–water partition coefficient (Wildman–Crippen LogP) is 4.72. The minimum absolute atomic E-state index is 0.294. The second-order valence-corrected chi connectivity index (χ2v) is 7.08. The summed E-state index contributed by atoms with van der Waals surface area (Å²) in [4.78, 5) is 21.7. The first-order valence-corrected chi connectivity index (χ1v) is 10.1. The van der Waals surface area contributed by atoms with Crippen LogP contribution < -0.4 is 19.5 Å². The lowest BCUT2D eigenvalue weighted by Crippen LogP contribution is -2.30. The van der Waals surface area contributed by atoms with Gasteiger partial charge in [0.25, 0.3) is 5.91 Å². The van der Waals surface area contributed by atoms with Gasteiger partial charge in [0.05, 0.1) is 42.8 Å². The van der Waals surface area contributed by atoms with E-state index in [0.29, 0.717) is 22.9 Å². The summed E-state index contributed by atoms with van der Waals surface area (Å²) >= 11 is 0. The lowest BCUT2D eigenvalue weighted by atomic mass is 10.1. The molecule has 0 saturated carbocycles. The molecular formula is C25H23N3O4. The van der Waals surface area contributed by atoms with Crippen LogP contribution in [0.2, 0.25) is 0 Å². The third-order valence-electron chi connectivity index (χ3n) is 4.95. The number of para-hydroxylation sites is 2. The van der Waals surface area contributed by atoms with Crippen LogP contribution in [0.3, 0.4) is 0 Å². The lowest BCUT2D eigenvalue weighted by Gasteiger charge is -2.17. The van der Waals surface area contributed by atoms with Gasteiger partial charge in [0.15, 0.2) is 6.10 Å². The van der Waals surface area contributed by atoms with Crippen LogP contribution in [0, 0.1) is 0 Å². The number of aromatic nitrogens is 2. The van der Waals surface area contributed by atoms with Crippen LogP contribution in [-0.2, 0) is 4.79 Å². The summed E-state index contributed by atoms with van der Waals surface area (Å²) in [5.41, 5.74) is 3.91. The van der Waals surface area contributed by atoms with Gasteiger partial charge in [0, 0.05) is 11.6 Å². The number of amides is 1. The van der Waals surface area contributed by atoms with Crippen molar-refractivity contribution in [2.24, 2.45) is 0 Å². The van der Waals surface area contributed by atoms with Crippen molar-refractivity contribution in [1.29, 1.82) is 0 Å². The summed E-state index contributed by atoms with van der Waals surface area (Å²) in [7, 11) is 3.10. The zero-order chi connectivity index (χ0) is 22.5. The Kier molecular flexibility index (Phi) is 6.17. The van der Waals surface area contributed by atoms with Crippen molar-refractivity contribution >= 4 is 22.6 Å². The molecule has 1 atom stereocenters. The Balaban J connectivity index is 1.43. The van der Waals surface area contributed by atoms with Crippen molar-refractivity contribution in [2.75, 3.05) is 19.5 Å². The highest BCUT2D eigenvalue weighted by molar-refractivity contribution is 5.95. The second kappa shape index (κ2) is 9.34. The molecule has 0 spiro atoms. The zero-order valence-corrected chi connectivity index (χ0v) is 18.0. The number of hydrogen-bond donors (Lipinski definition) is 1. The zero-order valence-electron chi connectivity index (χ0n) is 18.0. The molecular weight excluding hydrogens is 406 g/mol. The molecule has 0 saturated heterocycles. The molecule has 7 nitrogen and oxygen atoms in total. The normalized spacial score (nSPS) is 11.6. The van der Waals surface area contributed by atoms with E-state index >= 15 is 0 Å². The largest absolute Gasteiger partial charge is 0.497 e. The molecule has 0 fully saturated rings. The summed E-state index contributed by atoms with van der Waals surface area (Å²) in [6, 6.07) is 20.3. The molecule has 0 radical (unpaired) electrons. The maximum Gasteiger partial charge on any atom is 0.265 e. The van der Waals surface area contributed by atoms with E-state index in [9.17, 15) is 4.79 Å². The van der Waals surface area contributed by atoms with Gasteiger partial charge in [0.2, 0.25) is 0 Å². The molecule has 32 heavy (non-hydrogen) atoms. The van der Waals surface area contributed by atoms with Gasteiger partial charge in [-0.2, -0.15) is 0 Å². The second-order valence-electron chi connectivity index (χ2n) is 7.08. The standard InChI is InChI=1S/C25H23N3O4/c1-16(25(29)28-22-13-12-19(30-2)14-24(22)31-3)32-18-10-8-17(9-11-18)23-15-26-20-6-4-5-7-21(20)27-23/h4-16H,1-3H3,(H,28,29)/t16-/m0/s1. The molecule has 0 aliphatic rings. The van der Waals surface area contributed by atoms with E-state index in [2.05, 4.69) is 15.3 Å². The summed E-state index contributed by atoms with van der Waals surface area (Å²) in [5, 5.41) is 2.82. The highest BCUT2D eigenvalue weighted by Gasteiger charge is 2.17. The van der Waals surface area contributed by atoms with Gasteiger partial charge in [-0.1, -0.05) is 12.1 Å². The van der Waals surface area contributed by atoms with E-state index in [4.69, 9.17) is 14.2 Å². The molecule has 1 N–H and O–H groups in total. The minimum atomic E-state index is -0.715. The van der Waals surface area contributed by atoms with E-state index in [1.54, 1.807) is 38.4 Å². The monoisotopic (exact) mass is 429 g/mol.